The molecule has 0 amide bonds. The molecule has 6 heteroatoms. The number of hydrogen-bond donors (Lipinski definition) is 2. The molecular weight excluding hydrogens is 358 g/mol. The summed E-state index contributed by atoms with van der Waals surface area (Å²) in [5.41, 5.74) is 8.11. The van der Waals surface area contributed by atoms with Gasteiger partial charge in [-0.15, -0.1) is 0 Å². The standard InChI is InChI=1S/C17H24BrN3O2/c1-3-7-21(8-4-2)13-5-6-14(18)12(9-13)10-16(22)15-11-23-17(19)20-15/h5-6,9,11,17,20H,3-4,7-8,10,19H2,1-2H3. The Labute approximate surface area is 146 Å². The Morgan fingerprint density at radius 2 is 2.04 bits per heavy atom. The summed E-state index contributed by atoms with van der Waals surface area (Å²) in [4.78, 5) is 14.7. The predicted molar refractivity (Wildman–Crippen MR) is 95.9 cm³/mol. The topological polar surface area (TPSA) is 67.6 Å². The molecular formula is C17H24BrN3O2. The maximum atomic E-state index is 12.3. The summed E-state index contributed by atoms with van der Waals surface area (Å²) in [6.07, 6.45) is 3.25. The number of ether oxygens (including phenoxy) is 1. The van der Waals surface area contributed by atoms with Gasteiger partial charge in [-0.2, -0.15) is 0 Å². The number of halogens is 1. The van der Waals surface area contributed by atoms with E-state index in [1.54, 1.807) is 0 Å². The number of rotatable bonds is 8. The molecule has 2 rings (SSSR count). The third kappa shape index (κ3) is 4.72. The van der Waals surface area contributed by atoms with E-state index in [9.17, 15) is 4.79 Å². The zero-order valence-electron chi connectivity index (χ0n) is 13.6. The number of nitrogens with zero attached hydrogens (tertiary/aromatic N) is 1. The van der Waals surface area contributed by atoms with Crippen LogP contribution in [-0.2, 0) is 16.0 Å². The molecule has 1 aliphatic rings. The number of ketones is 1. The molecule has 1 heterocycles. The lowest BCUT2D eigenvalue weighted by Gasteiger charge is -2.24. The van der Waals surface area contributed by atoms with Gasteiger partial charge >= 0.3 is 0 Å². The summed E-state index contributed by atoms with van der Waals surface area (Å²) in [6.45, 7) is 6.37. The summed E-state index contributed by atoms with van der Waals surface area (Å²) >= 11 is 3.54. The average Bonchev–Trinajstić information content (AvgIpc) is 2.96. The van der Waals surface area contributed by atoms with Crippen molar-refractivity contribution in [1.82, 2.24) is 5.32 Å². The first-order valence-electron chi connectivity index (χ1n) is 7.99. The van der Waals surface area contributed by atoms with Gasteiger partial charge in [0.2, 0.25) is 6.35 Å². The minimum atomic E-state index is -0.631. The lowest BCUT2D eigenvalue weighted by Crippen LogP contribution is -2.35. The van der Waals surface area contributed by atoms with Gasteiger partial charge in [0.05, 0.1) is 0 Å². The molecule has 0 spiro atoms. The van der Waals surface area contributed by atoms with Crippen molar-refractivity contribution < 1.29 is 9.53 Å². The number of nitrogens with two attached hydrogens (primary N) is 1. The zero-order chi connectivity index (χ0) is 16.8. The molecule has 1 aromatic rings. The smallest absolute Gasteiger partial charge is 0.224 e. The Bertz CT molecular complexity index is 583. The van der Waals surface area contributed by atoms with E-state index in [0.29, 0.717) is 12.1 Å². The molecule has 0 aliphatic carbocycles. The Balaban J connectivity index is 2.15. The van der Waals surface area contributed by atoms with Gasteiger partial charge in [0.15, 0.2) is 5.78 Å². The summed E-state index contributed by atoms with van der Waals surface area (Å²) in [6, 6.07) is 6.19. The lowest BCUT2D eigenvalue weighted by atomic mass is 10.1. The number of carbonyl (C=O) groups is 1. The van der Waals surface area contributed by atoms with E-state index in [2.05, 4.69) is 52.1 Å². The van der Waals surface area contributed by atoms with Crippen LogP contribution >= 0.6 is 15.9 Å². The Morgan fingerprint density at radius 3 is 2.61 bits per heavy atom. The number of allylic oxidation sites excluding steroid dienone is 1. The molecule has 1 aromatic carbocycles. The number of hydrogen-bond acceptors (Lipinski definition) is 5. The van der Waals surface area contributed by atoms with Gasteiger partial charge < -0.3 is 15.0 Å². The molecule has 0 radical (unpaired) electrons. The molecule has 1 atom stereocenters. The van der Waals surface area contributed by atoms with Gasteiger partial charge in [0, 0.05) is 29.7 Å². The highest BCUT2D eigenvalue weighted by Gasteiger charge is 2.20. The summed E-state index contributed by atoms with van der Waals surface area (Å²) < 4.78 is 5.98. The molecule has 0 saturated heterocycles. The SMILES string of the molecule is CCCN(CCC)c1ccc(Br)c(CC(=O)C2=COC(N)N2)c1. The molecule has 1 unspecified atom stereocenters. The first-order chi connectivity index (χ1) is 11.0. The third-order valence-electron chi connectivity index (χ3n) is 3.66. The molecule has 1 aliphatic heterocycles. The highest BCUT2D eigenvalue weighted by molar-refractivity contribution is 9.10. The first kappa shape index (κ1) is 17.8. The third-order valence-corrected chi connectivity index (χ3v) is 4.44. The second-order valence-corrected chi connectivity index (χ2v) is 6.45. The highest BCUT2D eigenvalue weighted by atomic mass is 79.9. The van der Waals surface area contributed by atoms with E-state index in [0.717, 1.165) is 41.7 Å². The van der Waals surface area contributed by atoms with Crippen LogP contribution in [0.5, 0.6) is 0 Å². The largest absolute Gasteiger partial charge is 0.463 e. The Hall–Kier alpha value is -1.53. The first-order valence-corrected chi connectivity index (χ1v) is 8.78. The van der Waals surface area contributed by atoms with E-state index in [1.807, 2.05) is 6.07 Å². The van der Waals surface area contributed by atoms with Crippen molar-refractivity contribution in [1.29, 1.82) is 0 Å². The van der Waals surface area contributed by atoms with Gasteiger partial charge in [-0.1, -0.05) is 29.8 Å². The van der Waals surface area contributed by atoms with Crippen molar-refractivity contribution in [2.75, 3.05) is 18.0 Å². The van der Waals surface area contributed by atoms with E-state index in [-0.39, 0.29) is 5.78 Å². The minimum Gasteiger partial charge on any atom is -0.463 e. The number of anilines is 1. The fourth-order valence-electron chi connectivity index (χ4n) is 2.58. The molecule has 5 nitrogen and oxygen atoms in total. The van der Waals surface area contributed by atoms with Crippen molar-refractivity contribution in [2.24, 2.45) is 5.73 Å². The van der Waals surface area contributed by atoms with Crippen LogP contribution in [0.4, 0.5) is 5.69 Å². The summed E-state index contributed by atoms with van der Waals surface area (Å²) in [7, 11) is 0. The maximum Gasteiger partial charge on any atom is 0.224 e. The quantitative estimate of drug-likeness (QED) is 0.724. The van der Waals surface area contributed by atoms with Crippen molar-refractivity contribution in [3.63, 3.8) is 0 Å². The van der Waals surface area contributed by atoms with Crippen molar-refractivity contribution >= 4 is 27.4 Å². The normalized spacial score (nSPS) is 16.5. The fourth-order valence-corrected chi connectivity index (χ4v) is 2.97. The molecule has 23 heavy (non-hydrogen) atoms. The van der Waals surface area contributed by atoms with Crippen LogP contribution in [0.2, 0.25) is 0 Å². The zero-order valence-corrected chi connectivity index (χ0v) is 15.2. The molecule has 0 fully saturated rings. The van der Waals surface area contributed by atoms with Crippen LogP contribution < -0.4 is 16.0 Å². The van der Waals surface area contributed by atoms with Gasteiger partial charge in [-0.25, -0.2) is 0 Å². The summed E-state index contributed by atoms with van der Waals surface area (Å²) in [5.74, 6) is -0.0340. The van der Waals surface area contributed by atoms with Gasteiger partial charge in [-0.05, 0) is 36.6 Å². The van der Waals surface area contributed by atoms with Gasteiger partial charge in [0.25, 0.3) is 0 Å². The van der Waals surface area contributed by atoms with Crippen molar-refractivity contribution in [2.45, 2.75) is 39.5 Å². The van der Waals surface area contributed by atoms with E-state index < -0.39 is 6.35 Å². The second-order valence-electron chi connectivity index (χ2n) is 5.60. The second kappa shape index (κ2) is 8.36. The van der Waals surface area contributed by atoms with Crippen LogP contribution in [-0.4, -0.2) is 25.2 Å². The molecule has 0 aromatic heterocycles. The monoisotopic (exact) mass is 381 g/mol. The van der Waals surface area contributed by atoms with Crippen LogP contribution in [0.15, 0.2) is 34.6 Å². The maximum absolute atomic E-state index is 12.3. The van der Waals surface area contributed by atoms with E-state index in [1.165, 1.54) is 6.26 Å². The number of Topliss-reactive ketones (excluding diaryl/α,β-unsaturated/α-hetero) is 1. The van der Waals surface area contributed by atoms with E-state index in [4.69, 9.17) is 10.5 Å². The summed E-state index contributed by atoms with van der Waals surface area (Å²) in [5, 5.41) is 2.81. The molecule has 0 saturated carbocycles. The van der Waals surface area contributed by atoms with Gasteiger partial charge in [0.1, 0.15) is 12.0 Å². The molecule has 126 valence electrons. The highest BCUT2D eigenvalue weighted by Crippen LogP contribution is 2.25. The minimum absolute atomic E-state index is 0.0340. The van der Waals surface area contributed by atoms with Crippen LogP contribution in [0, 0.1) is 0 Å². The van der Waals surface area contributed by atoms with Gasteiger partial charge in [-0.3, -0.25) is 10.5 Å². The number of carbonyl (C=O) groups excluding carboxylic acids is 1. The van der Waals surface area contributed by atoms with E-state index >= 15 is 0 Å². The van der Waals surface area contributed by atoms with Crippen LogP contribution in [0.25, 0.3) is 0 Å². The van der Waals surface area contributed by atoms with Crippen molar-refractivity contribution in [3.8, 4) is 0 Å². The fraction of sp³-hybridized carbons (Fsp3) is 0.471. The number of benzene rings is 1. The van der Waals surface area contributed by atoms with Crippen LogP contribution in [0.3, 0.4) is 0 Å². The predicted octanol–water partition coefficient (Wildman–Crippen LogP) is 2.89. The molecule has 0 bridgehead atoms. The Morgan fingerprint density at radius 1 is 1.35 bits per heavy atom. The molecule has 3 N–H and O–H groups in total. The lowest BCUT2D eigenvalue weighted by molar-refractivity contribution is -0.115. The average molecular weight is 382 g/mol. The number of nitrogens with one attached hydrogen (secondary N) is 1. The van der Waals surface area contributed by atoms with Crippen LogP contribution in [0.1, 0.15) is 32.3 Å². The van der Waals surface area contributed by atoms with Crippen molar-refractivity contribution in [3.05, 3.63) is 40.2 Å². The Kier molecular flexibility index (Phi) is 6.47.